The summed E-state index contributed by atoms with van der Waals surface area (Å²) < 4.78 is 0. The molecule has 0 saturated carbocycles. The number of hydrogen-bond acceptors (Lipinski definition) is 16. The molecule has 0 fully saturated rings. The molecule has 0 aliphatic heterocycles. The maximum atomic E-state index is 12.5. The van der Waals surface area contributed by atoms with Gasteiger partial charge in [-0.3, -0.25) is 14.4 Å². The van der Waals surface area contributed by atoms with Crippen molar-refractivity contribution in [3.05, 3.63) is 0 Å². The average Bonchev–Trinajstić information content (AvgIpc) is 3.36. The van der Waals surface area contributed by atoms with Crippen molar-refractivity contribution in [3.63, 3.8) is 0 Å². The van der Waals surface area contributed by atoms with E-state index in [0.29, 0.717) is 32.4 Å². The molecule has 3 amide bonds. The van der Waals surface area contributed by atoms with Crippen molar-refractivity contribution < 1.29 is 280 Å². The van der Waals surface area contributed by atoms with E-state index in [9.17, 15) is 54.9 Å². The van der Waals surface area contributed by atoms with Crippen molar-refractivity contribution in [2.45, 2.75) is 238 Å². The first-order chi connectivity index (χ1) is 35.5. The summed E-state index contributed by atoms with van der Waals surface area (Å²) in [5, 5.41) is 103. The van der Waals surface area contributed by atoms with Gasteiger partial charge < -0.3 is 81.7 Å². The third-order valence-electron chi connectivity index (χ3n) is 13.8. The smallest absolute Gasteiger partial charge is 0.376 e. The van der Waals surface area contributed by atoms with Crippen molar-refractivity contribution in [2.75, 3.05) is 65.5 Å². The number of nitrogens with one attached hydrogen (secondary N) is 5. The Labute approximate surface area is 660 Å². The van der Waals surface area contributed by atoms with E-state index in [1.165, 1.54) is 25.7 Å². The molecule has 0 aromatic heterocycles. The number of aliphatic hydroxyl groups excluding tert-OH is 5. The standard InChI is InChI=1S/C51H109B4N7O12.5Ac/c1-52(71)59-37-27-29-39-61(54(3)73)41-44(42-62(55(4)74)40-30-28-38-60-53(2)72)31-21-17-20-25-35-57-47(66)33-23-15-11-7-5-9-13-18-24-34-56-46(65)32-22-16-12-8-6-10-14-19-26-36-58-51(70)50(69)49(68)48(67)45(64)43-63;;;;;/h44-45,48-50,59-60,63-64,67-69,71-74H,5-43H2,1-4H3,(H,56,65)(H,57,66)(H,58,70);;;;;/t45-,48-,49+,50-;;;;;/m1...../s1. The van der Waals surface area contributed by atoms with Crippen LogP contribution >= 0.6 is 0 Å². The van der Waals surface area contributed by atoms with Crippen molar-refractivity contribution in [1.29, 1.82) is 0 Å². The van der Waals surface area contributed by atoms with Gasteiger partial charge >= 0.3 is 28.2 Å². The van der Waals surface area contributed by atoms with E-state index < -0.39 is 65.1 Å². The molecule has 79 heavy (non-hydrogen) atoms. The van der Waals surface area contributed by atoms with Crippen molar-refractivity contribution in [3.8, 4) is 0 Å². The minimum atomic E-state index is -1.90. The van der Waals surface area contributed by atoms with E-state index >= 15 is 0 Å². The van der Waals surface area contributed by atoms with E-state index in [4.69, 9.17) is 5.11 Å². The minimum absolute atomic E-state index is 0. The van der Waals surface area contributed by atoms with Crippen LogP contribution in [0.25, 0.3) is 0 Å². The van der Waals surface area contributed by atoms with Gasteiger partial charge in [-0.2, -0.15) is 0 Å². The Hall–Kier alpha value is 5.36. The molecule has 0 spiro atoms. The molecule has 28 heteroatoms. The summed E-state index contributed by atoms with van der Waals surface area (Å²) in [7, 11) is -2.23. The molecule has 19 nitrogen and oxygen atoms in total. The summed E-state index contributed by atoms with van der Waals surface area (Å²) >= 11 is 0. The van der Waals surface area contributed by atoms with Crippen LogP contribution in [0.5, 0.6) is 0 Å². The van der Waals surface area contributed by atoms with Crippen LogP contribution in [0.1, 0.15) is 186 Å². The van der Waals surface area contributed by atoms with Crippen LogP contribution in [-0.4, -0.2) is 191 Å². The molecule has 5 radical (unpaired) electrons. The summed E-state index contributed by atoms with van der Waals surface area (Å²) in [5.74, 6) is -0.293. The quantitative estimate of drug-likeness (QED) is 0.0308. The Morgan fingerprint density at radius 2 is 0.734 bits per heavy atom. The molecule has 0 aliphatic rings. The predicted molar refractivity (Wildman–Crippen MR) is 302 cm³/mol. The van der Waals surface area contributed by atoms with E-state index in [1.807, 2.05) is 13.6 Å². The maximum Gasteiger partial charge on any atom is 0.376 e. The molecule has 0 saturated heterocycles. The van der Waals surface area contributed by atoms with Gasteiger partial charge in [0.1, 0.15) is 18.3 Å². The molecule has 4 atom stereocenters. The van der Waals surface area contributed by atoms with E-state index in [1.54, 1.807) is 13.6 Å². The topological polar surface area (TPSA) is 300 Å². The number of amides is 3. The molecule has 0 rings (SSSR count). The molecule has 0 aliphatic carbocycles. The van der Waals surface area contributed by atoms with Crippen LogP contribution in [-0.2, 0) is 14.4 Å². The maximum absolute atomic E-state index is 12.5. The number of carbonyl (C=O) groups excluding carboxylic acids is 3. The van der Waals surface area contributed by atoms with Gasteiger partial charge in [0.15, 0.2) is 6.10 Å². The summed E-state index contributed by atoms with van der Waals surface area (Å²) in [5.41, 5.74) is 0. The number of unbranched alkanes of at least 4 members (excludes halogenated alkanes) is 21. The summed E-state index contributed by atoms with van der Waals surface area (Å²) in [6.07, 6.45) is 21.6. The third kappa shape index (κ3) is 60.7. The van der Waals surface area contributed by atoms with E-state index in [2.05, 4.69) is 36.0 Å². The van der Waals surface area contributed by atoms with Gasteiger partial charge in [-0.25, -0.2) is 0 Å². The zero-order valence-corrected chi connectivity index (χ0v) is 73.5. The molecule has 0 aromatic rings. The van der Waals surface area contributed by atoms with Gasteiger partial charge in [-0.05, 0) is 137 Å². The van der Waals surface area contributed by atoms with Gasteiger partial charge in [0.2, 0.25) is 11.8 Å². The third-order valence-corrected chi connectivity index (χ3v) is 13.8. The van der Waals surface area contributed by atoms with E-state index in [-0.39, 0.29) is 238 Å². The molecule has 0 unspecified atom stereocenters. The second kappa shape index (κ2) is 67.7. The number of nitrogens with zero attached hydrogens (tertiary/aromatic N) is 2. The summed E-state index contributed by atoms with van der Waals surface area (Å²) in [6.45, 7) is 12.5. The van der Waals surface area contributed by atoms with Crippen LogP contribution < -0.4 is 26.4 Å². The van der Waals surface area contributed by atoms with Crippen molar-refractivity contribution in [2.24, 2.45) is 5.92 Å². The minimum Gasteiger partial charge on any atom is -0.437 e. The second-order valence-electron chi connectivity index (χ2n) is 21.0. The first-order valence-corrected chi connectivity index (χ1v) is 29.3. The van der Waals surface area contributed by atoms with Gasteiger partial charge in [-0.15, -0.1) is 0 Å². The Balaban J connectivity index is -0.00000266. The molecule has 0 heterocycles. The zero-order valence-electron chi connectivity index (χ0n) is 49.8. The van der Waals surface area contributed by atoms with Crippen LogP contribution in [0.15, 0.2) is 0 Å². The fourth-order valence-electron chi connectivity index (χ4n) is 9.10. The largest absolute Gasteiger partial charge is 0.437 e. The Morgan fingerprint density at radius 3 is 1.08 bits per heavy atom. The number of carbonyl (C=O) groups is 3. The fourth-order valence-corrected chi connectivity index (χ4v) is 9.10. The molecule has 14 N–H and O–H groups in total. The second-order valence-corrected chi connectivity index (χ2v) is 21.0. The number of hydrogen-bond donors (Lipinski definition) is 14. The van der Waals surface area contributed by atoms with Gasteiger partial charge in [0.25, 0.3) is 5.91 Å². The van der Waals surface area contributed by atoms with Gasteiger partial charge in [-0.1, -0.05) is 109 Å². The van der Waals surface area contributed by atoms with E-state index in [0.717, 1.165) is 187 Å². The zero-order chi connectivity index (χ0) is 55.2. The molecule has 0 bridgehead atoms. The van der Waals surface area contributed by atoms with Gasteiger partial charge in [0, 0.05) is 253 Å². The van der Waals surface area contributed by atoms with Crippen molar-refractivity contribution in [1.82, 2.24) is 36.0 Å². The summed E-state index contributed by atoms with van der Waals surface area (Å²) in [6, 6.07) is 0. The Morgan fingerprint density at radius 1 is 0.418 bits per heavy atom. The number of aliphatic hydroxyl groups is 5. The monoisotopic (exact) mass is 2190 g/mol. The first-order valence-electron chi connectivity index (χ1n) is 29.3. The molecule has 447 valence electrons. The van der Waals surface area contributed by atoms with Crippen LogP contribution in [0, 0.1) is 226 Å². The van der Waals surface area contributed by atoms with Crippen LogP contribution in [0.3, 0.4) is 0 Å². The molecular formula is C51H109Ac5B4N7O12. The SMILES string of the molecule is CB(O)NCCCCN(CC(CCCCCCNC(=O)CCCCCCCCCCCNC(=O)CCCCCCCCCCCNC(=O)[C@H](O)[C@@H](O)[C@H](O)[C@H](O)CO)CN(CCCCNB(C)O)B(C)O)B(C)O.[Ac].[Ac].[Ac].[Ac].[Ac]. The first kappa shape index (κ1) is 95.5. The van der Waals surface area contributed by atoms with Crippen LogP contribution in [0.4, 0.5) is 0 Å². The van der Waals surface area contributed by atoms with Gasteiger partial charge in [0.05, 0.1) is 6.61 Å². The van der Waals surface area contributed by atoms with Crippen molar-refractivity contribution >= 4 is 45.9 Å². The molecule has 0 aromatic carbocycles. The normalized spacial score (nSPS) is 12.5. The Bertz CT molecular complexity index is 1320. The Kier molecular flexibility index (Phi) is 81.9. The average molecular weight is 2190 g/mol. The number of rotatable bonds is 54. The fraction of sp³-hybridized carbons (Fsp3) is 0.941. The molecular weight excluding hydrogens is 2080 g/mol. The predicted octanol–water partition coefficient (Wildman–Crippen LogP) is 2.92. The van der Waals surface area contributed by atoms with Crippen LogP contribution in [0.2, 0.25) is 27.3 Å². The summed E-state index contributed by atoms with van der Waals surface area (Å²) in [4.78, 5) is 40.9.